The largest absolute Gasteiger partial charge is 0.346 e. The predicted molar refractivity (Wildman–Crippen MR) is 106 cm³/mol. The number of nitrogens with zero attached hydrogens (tertiary/aromatic N) is 1. The molecule has 0 aliphatic carbocycles. The van der Waals surface area contributed by atoms with Gasteiger partial charge in [0.15, 0.2) is 0 Å². The molecule has 0 saturated carbocycles. The summed E-state index contributed by atoms with van der Waals surface area (Å²) in [6.45, 7) is 4.33. The maximum absolute atomic E-state index is 12.2. The summed E-state index contributed by atoms with van der Waals surface area (Å²) in [4.78, 5) is 26.7. The second kappa shape index (κ2) is 8.66. The van der Waals surface area contributed by atoms with Gasteiger partial charge in [-0.2, -0.15) is 11.3 Å². The first-order valence-electron chi connectivity index (χ1n) is 8.66. The van der Waals surface area contributed by atoms with E-state index in [9.17, 15) is 9.59 Å². The van der Waals surface area contributed by atoms with Gasteiger partial charge in [0.25, 0.3) is 0 Å². The lowest BCUT2D eigenvalue weighted by Crippen LogP contribution is -2.41. The van der Waals surface area contributed by atoms with Crippen molar-refractivity contribution in [1.82, 2.24) is 10.2 Å². The van der Waals surface area contributed by atoms with E-state index in [0.717, 1.165) is 18.7 Å². The first kappa shape index (κ1) is 18.9. The second-order valence-corrected chi connectivity index (χ2v) is 7.63. The molecule has 0 radical (unpaired) electrons. The quantitative estimate of drug-likeness (QED) is 0.765. The van der Waals surface area contributed by atoms with Gasteiger partial charge in [-0.05, 0) is 72.9 Å². The van der Waals surface area contributed by atoms with E-state index < -0.39 is 11.8 Å². The summed E-state index contributed by atoms with van der Waals surface area (Å²) in [5, 5.41) is 10.1. The Balaban J connectivity index is 1.58. The number of carbonyl (C=O) groups is 2. The second-order valence-electron chi connectivity index (χ2n) is 6.44. The highest BCUT2D eigenvalue weighted by Crippen LogP contribution is 2.26. The molecule has 1 aromatic heterocycles. The third-order valence-corrected chi connectivity index (χ3v) is 5.71. The molecule has 1 aromatic carbocycles. The molecule has 0 bridgehead atoms. The van der Waals surface area contributed by atoms with Gasteiger partial charge in [0, 0.05) is 17.3 Å². The minimum absolute atomic E-state index is 0.106. The first-order chi connectivity index (χ1) is 12.5. The van der Waals surface area contributed by atoms with Crippen LogP contribution in [0, 0.1) is 6.92 Å². The lowest BCUT2D eigenvalue weighted by Gasteiger charge is -2.27. The zero-order valence-corrected chi connectivity index (χ0v) is 16.2. The fourth-order valence-electron chi connectivity index (χ4n) is 3.10. The minimum Gasteiger partial charge on any atom is -0.346 e. The van der Waals surface area contributed by atoms with E-state index in [-0.39, 0.29) is 6.04 Å². The number of anilines is 1. The number of carbonyl (C=O) groups excluding carboxylic acids is 2. The van der Waals surface area contributed by atoms with Crippen LogP contribution < -0.4 is 10.6 Å². The molecule has 138 valence electrons. The molecule has 0 spiro atoms. The Bertz CT molecular complexity index is 773. The molecular formula is C19H22ClN3O2S. The smallest absolute Gasteiger partial charge is 0.313 e. The third-order valence-electron chi connectivity index (χ3n) is 4.60. The molecular weight excluding hydrogens is 370 g/mol. The predicted octanol–water partition coefficient (Wildman–Crippen LogP) is 3.60. The molecule has 1 atom stereocenters. The van der Waals surface area contributed by atoms with Gasteiger partial charge in [0.1, 0.15) is 0 Å². The van der Waals surface area contributed by atoms with E-state index in [1.54, 1.807) is 29.5 Å². The van der Waals surface area contributed by atoms with E-state index in [1.807, 2.05) is 12.3 Å². The van der Waals surface area contributed by atoms with Crippen molar-refractivity contribution in [3.8, 4) is 0 Å². The Morgan fingerprint density at radius 1 is 1.23 bits per heavy atom. The number of thiophene rings is 1. The van der Waals surface area contributed by atoms with Crippen molar-refractivity contribution in [2.24, 2.45) is 0 Å². The van der Waals surface area contributed by atoms with Crippen LogP contribution in [0.15, 0.2) is 35.0 Å². The summed E-state index contributed by atoms with van der Waals surface area (Å²) in [7, 11) is 0. The van der Waals surface area contributed by atoms with Gasteiger partial charge in [-0.25, -0.2) is 0 Å². The van der Waals surface area contributed by atoms with E-state index in [4.69, 9.17) is 11.6 Å². The van der Waals surface area contributed by atoms with Crippen LogP contribution in [0.1, 0.15) is 30.0 Å². The molecule has 7 heteroatoms. The molecule has 1 unspecified atom stereocenters. The van der Waals surface area contributed by atoms with Crippen molar-refractivity contribution in [2.45, 2.75) is 25.8 Å². The molecule has 2 aromatic rings. The fraction of sp³-hybridized carbons (Fsp3) is 0.368. The standard InChI is InChI=1S/C19H22ClN3O2S/c1-13-4-5-15(10-16(13)20)22-19(25)18(24)21-11-17(14-6-9-26-12-14)23-7-2-3-8-23/h4-6,9-10,12,17H,2-3,7-8,11H2,1H3,(H,21,24)(H,22,25). The minimum atomic E-state index is -0.685. The number of likely N-dealkylation sites (tertiary alicyclic amines) is 1. The van der Waals surface area contributed by atoms with Gasteiger partial charge in [-0.3, -0.25) is 14.5 Å². The van der Waals surface area contributed by atoms with Crippen molar-refractivity contribution in [2.75, 3.05) is 25.0 Å². The summed E-state index contributed by atoms with van der Waals surface area (Å²) in [6, 6.07) is 7.35. The van der Waals surface area contributed by atoms with Gasteiger partial charge >= 0.3 is 11.8 Å². The van der Waals surface area contributed by atoms with Crippen molar-refractivity contribution >= 4 is 40.4 Å². The fourth-order valence-corrected chi connectivity index (χ4v) is 3.99. The van der Waals surface area contributed by atoms with Crippen LogP contribution in [-0.4, -0.2) is 36.3 Å². The summed E-state index contributed by atoms with van der Waals surface area (Å²) < 4.78 is 0. The number of rotatable bonds is 5. The average Bonchev–Trinajstić information content (AvgIpc) is 3.32. The van der Waals surface area contributed by atoms with Crippen molar-refractivity contribution in [1.29, 1.82) is 0 Å². The average molecular weight is 392 g/mol. The van der Waals surface area contributed by atoms with E-state index in [1.165, 1.54) is 18.4 Å². The van der Waals surface area contributed by atoms with Gasteiger partial charge in [0.05, 0.1) is 6.04 Å². The Kier molecular flexibility index (Phi) is 6.29. The van der Waals surface area contributed by atoms with Crippen molar-refractivity contribution in [3.63, 3.8) is 0 Å². The van der Waals surface area contributed by atoms with Crippen LogP contribution in [0.3, 0.4) is 0 Å². The number of amides is 2. The monoisotopic (exact) mass is 391 g/mol. The van der Waals surface area contributed by atoms with E-state index in [2.05, 4.69) is 27.0 Å². The SMILES string of the molecule is Cc1ccc(NC(=O)C(=O)NCC(c2ccsc2)N2CCCC2)cc1Cl. The van der Waals surface area contributed by atoms with E-state index >= 15 is 0 Å². The van der Waals surface area contributed by atoms with Gasteiger partial charge < -0.3 is 10.6 Å². The van der Waals surface area contributed by atoms with Gasteiger partial charge in [0.2, 0.25) is 0 Å². The van der Waals surface area contributed by atoms with Crippen LogP contribution in [-0.2, 0) is 9.59 Å². The molecule has 2 amide bonds. The zero-order chi connectivity index (χ0) is 18.5. The Labute approximate surface area is 162 Å². The molecule has 5 nitrogen and oxygen atoms in total. The molecule has 2 N–H and O–H groups in total. The van der Waals surface area contributed by atoms with Crippen LogP contribution >= 0.6 is 22.9 Å². The molecule has 1 saturated heterocycles. The third kappa shape index (κ3) is 4.63. The molecule has 26 heavy (non-hydrogen) atoms. The molecule has 3 rings (SSSR count). The lowest BCUT2D eigenvalue weighted by molar-refractivity contribution is -0.136. The molecule has 1 fully saturated rings. The Morgan fingerprint density at radius 3 is 2.65 bits per heavy atom. The van der Waals surface area contributed by atoms with Crippen molar-refractivity contribution < 1.29 is 9.59 Å². The Hall–Kier alpha value is -1.89. The highest BCUT2D eigenvalue weighted by molar-refractivity contribution is 7.08. The maximum atomic E-state index is 12.2. The highest BCUT2D eigenvalue weighted by Gasteiger charge is 2.25. The lowest BCUT2D eigenvalue weighted by atomic mass is 10.1. The number of hydrogen-bond donors (Lipinski definition) is 2. The first-order valence-corrected chi connectivity index (χ1v) is 9.98. The van der Waals surface area contributed by atoms with Gasteiger partial charge in [-0.1, -0.05) is 17.7 Å². The number of hydrogen-bond acceptors (Lipinski definition) is 4. The van der Waals surface area contributed by atoms with Crippen LogP contribution in [0.2, 0.25) is 5.02 Å². The van der Waals surface area contributed by atoms with Crippen LogP contribution in [0.5, 0.6) is 0 Å². The highest BCUT2D eigenvalue weighted by atomic mass is 35.5. The summed E-state index contributed by atoms with van der Waals surface area (Å²) in [5.74, 6) is -1.32. The zero-order valence-electron chi connectivity index (χ0n) is 14.6. The van der Waals surface area contributed by atoms with Gasteiger partial charge in [-0.15, -0.1) is 0 Å². The molecule has 1 aliphatic heterocycles. The number of benzene rings is 1. The van der Waals surface area contributed by atoms with Crippen LogP contribution in [0.4, 0.5) is 5.69 Å². The molecule has 1 aliphatic rings. The van der Waals surface area contributed by atoms with Crippen LogP contribution in [0.25, 0.3) is 0 Å². The van der Waals surface area contributed by atoms with Crippen molar-refractivity contribution in [3.05, 3.63) is 51.2 Å². The number of halogens is 1. The normalized spacial score (nSPS) is 15.6. The summed E-state index contributed by atoms with van der Waals surface area (Å²) in [5.41, 5.74) is 2.61. The maximum Gasteiger partial charge on any atom is 0.313 e. The topological polar surface area (TPSA) is 61.4 Å². The summed E-state index contributed by atoms with van der Waals surface area (Å²) >= 11 is 7.69. The number of aryl methyl sites for hydroxylation is 1. The van der Waals surface area contributed by atoms with E-state index in [0.29, 0.717) is 17.3 Å². The molecule has 2 heterocycles. The Morgan fingerprint density at radius 2 is 2.00 bits per heavy atom. The summed E-state index contributed by atoms with van der Waals surface area (Å²) in [6.07, 6.45) is 2.34. The number of nitrogens with one attached hydrogen (secondary N) is 2.